The molecule has 0 saturated carbocycles. The number of carboxylic acid groups (broad SMARTS) is 1. The molecular formula is C10H14ClNO2. The Hall–Kier alpha value is -1.22. The molecular weight excluding hydrogens is 202 g/mol. The van der Waals surface area contributed by atoms with Gasteiger partial charge in [0, 0.05) is 5.69 Å². The lowest BCUT2D eigenvalue weighted by molar-refractivity contribution is -0.137. The molecule has 0 radical (unpaired) electrons. The summed E-state index contributed by atoms with van der Waals surface area (Å²) in [5.74, 6) is -0.814. The maximum Gasteiger partial charge on any atom is 0.326 e. The summed E-state index contributed by atoms with van der Waals surface area (Å²) in [6.07, 6.45) is 0.574. The first-order chi connectivity index (χ1) is 6.24. The summed E-state index contributed by atoms with van der Waals surface area (Å²) < 4.78 is 0. The van der Waals surface area contributed by atoms with E-state index in [4.69, 9.17) is 5.11 Å². The lowest BCUT2D eigenvalue weighted by atomic mass is 10.2. The molecule has 0 aromatic heterocycles. The van der Waals surface area contributed by atoms with Gasteiger partial charge in [-0.3, -0.25) is 0 Å². The van der Waals surface area contributed by atoms with Crippen molar-refractivity contribution in [3.05, 3.63) is 30.3 Å². The number of hydrogen-bond acceptors (Lipinski definition) is 2. The number of carbonyl (C=O) groups is 1. The number of rotatable bonds is 4. The number of aliphatic carboxylic acids is 1. The van der Waals surface area contributed by atoms with Crippen molar-refractivity contribution < 1.29 is 9.90 Å². The molecule has 0 heterocycles. The molecule has 1 aromatic rings. The second-order valence-corrected chi connectivity index (χ2v) is 2.81. The second-order valence-electron chi connectivity index (χ2n) is 2.81. The van der Waals surface area contributed by atoms with Gasteiger partial charge in [0.2, 0.25) is 0 Å². The van der Waals surface area contributed by atoms with E-state index in [1.165, 1.54) is 0 Å². The molecule has 0 aliphatic heterocycles. The monoisotopic (exact) mass is 215 g/mol. The van der Waals surface area contributed by atoms with Gasteiger partial charge in [-0.25, -0.2) is 4.79 Å². The van der Waals surface area contributed by atoms with Crippen LogP contribution in [0.5, 0.6) is 0 Å². The van der Waals surface area contributed by atoms with Crippen molar-refractivity contribution in [3.8, 4) is 0 Å². The standard InChI is InChI=1S/C10H13NO2.ClH/c1-2-9(10(12)13)11-8-6-4-3-5-7-8;/h3-7,9,11H,2H2,1H3,(H,12,13);1H/t9-;/m0./s1. The zero-order valence-corrected chi connectivity index (χ0v) is 8.75. The van der Waals surface area contributed by atoms with Crippen LogP contribution in [0.15, 0.2) is 30.3 Å². The van der Waals surface area contributed by atoms with Gasteiger partial charge in [0.05, 0.1) is 0 Å². The normalized spacial score (nSPS) is 11.2. The van der Waals surface area contributed by atoms with Gasteiger partial charge in [0.15, 0.2) is 0 Å². The minimum atomic E-state index is -0.814. The molecule has 2 N–H and O–H groups in total. The van der Waals surface area contributed by atoms with Gasteiger partial charge in [-0.1, -0.05) is 25.1 Å². The molecule has 0 amide bonds. The van der Waals surface area contributed by atoms with Gasteiger partial charge in [-0.15, -0.1) is 12.4 Å². The Morgan fingerprint density at radius 3 is 2.43 bits per heavy atom. The summed E-state index contributed by atoms with van der Waals surface area (Å²) in [7, 11) is 0. The Bertz CT molecular complexity index is 277. The van der Waals surface area contributed by atoms with E-state index in [2.05, 4.69) is 5.32 Å². The number of hydrogen-bond donors (Lipinski definition) is 2. The van der Waals surface area contributed by atoms with E-state index >= 15 is 0 Å². The van der Waals surface area contributed by atoms with Crippen LogP contribution in [0.3, 0.4) is 0 Å². The maximum absolute atomic E-state index is 10.7. The van der Waals surface area contributed by atoms with Crippen molar-refractivity contribution in [2.24, 2.45) is 0 Å². The number of para-hydroxylation sites is 1. The molecule has 0 saturated heterocycles. The molecule has 1 aromatic carbocycles. The van der Waals surface area contributed by atoms with Gasteiger partial charge in [-0.05, 0) is 18.6 Å². The van der Waals surface area contributed by atoms with Crippen LogP contribution >= 0.6 is 12.4 Å². The third kappa shape index (κ3) is 3.66. The Balaban J connectivity index is 0.00000169. The highest BCUT2D eigenvalue weighted by Gasteiger charge is 2.13. The Morgan fingerprint density at radius 1 is 1.43 bits per heavy atom. The van der Waals surface area contributed by atoms with Crippen LogP contribution in [-0.4, -0.2) is 17.1 Å². The molecule has 78 valence electrons. The number of halogens is 1. The fourth-order valence-corrected chi connectivity index (χ4v) is 1.07. The van der Waals surface area contributed by atoms with Gasteiger partial charge < -0.3 is 10.4 Å². The van der Waals surface area contributed by atoms with Crippen LogP contribution in [0.25, 0.3) is 0 Å². The van der Waals surface area contributed by atoms with Gasteiger partial charge in [-0.2, -0.15) is 0 Å². The number of carboxylic acids is 1. The molecule has 1 rings (SSSR count). The highest BCUT2D eigenvalue weighted by Crippen LogP contribution is 2.08. The predicted octanol–water partition coefficient (Wildman–Crippen LogP) is 2.38. The fraction of sp³-hybridized carbons (Fsp3) is 0.300. The van der Waals surface area contributed by atoms with E-state index in [0.717, 1.165) is 5.69 Å². The van der Waals surface area contributed by atoms with E-state index in [9.17, 15) is 4.79 Å². The molecule has 14 heavy (non-hydrogen) atoms. The van der Waals surface area contributed by atoms with Gasteiger partial charge in [0.25, 0.3) is 0 Å². The minimum absolute atomic E-state index is 0. The van der Waals surface area contributed by atoms with E-state index < -0.39 is 12.0 Å². The quantitative estimate of drug-likeness (QED) is 0.811. The summed E-state index contributed by atoms with van der Waals surface area (Å²) in [5, 5.41) is 11.7. The summed E-state index contributed by atoms with van der Waals surface area (Å²) in [6.45, 7) is 1.84. The van der Waals surface area contributed by atoms with Crippen molar-refractivity contribution in [2.75, 3.05) is 5.32 Å². The topological polar surface area (TPSA) is 49.3 Å². The second kappa shape index (κ2) is 6.27. The average Bonchev–Trinajstić information content (AvgIpc) is 2.15. The molecule has 0 aliphatic rings. The zero-order chi connectivity index (χ0) is 9.68. The van der Waals surface area contributed by atoms with Gasteiger partial charge in [0.1, 0.15) is 6.04 Å². The van der Waals surface area contributed by atoms with Crippen molar-refractivity contribution in [1.82, 2.24) is 0 Å². The predicted molar refractivity (Wildman–Crippen MR) is 59.0 cm³/mol. The third-order valence-corrected chi connectivity index (χ3v) is 1.82. The fourth-order valence-electron chi connectivity index (χ4n) is 1.07. The van der Waals surface area contributed by atoms with Crippen molar-refractivity contribution in [3.63, 3.8) is 0 Å². The first-order valence-electron chi connectivity index (χ1n) is 4.28. The van der Waals surface area contributed by atoms with Crippen LogP contribution in [0.1, 0.15) is 13.3 Å². The number of nitrogens with one attached hydrogen (secondary N) is 1. The molecule has 4 heteroatoms. The molecule has 1 atom stereocenters. The third-order valence-electron chi connectivity index (χ3n) is 1.82. The van der Waals surface area contributed by atoms with Crippen LogP contribution in [-0.2, 0) is 4.79 Å². The van der Waals surface area contributed by atoms with E-state index in [0.29, 0.717) is 6.42 Å². The molecule has 0 spiro atoms. The van der Waals surface area contributed by atoms with Crippen LogP contribution < -0.4 is 5.32 Å². The van der Waals surface area contributed by atoms with Crippen molar-refractivity contribution in [2.45, 2.75) is 19.4 Å². The molecule has 3 nitrogen and oxygen atoms in total. The van der Waals surface area contributed by atoms with Crippen LogP contribution in [0.4, 0.5) is 5.69 Å². The summed E-state index contributed by atoms with van der Waals surface area (Å²) in [4.78, 5) is 10.7. The summed E-state index contributed by atoms with van der Waals surface area (Å²) in [5.41, 5.74) is 0.844. The Labute approximate surface area is 89.5 Å². The highest BCUT2D eigenvalue weighted by molar-refractivity contribution is 5.85. The Kier molecular flexibility index (Phi) is 5.72. The van der Waals surface area contributed by atoms with E-state index in [1.54, 1.807) is 0 Å². The maximum atomic E-state index is 10.7. The summed E-state index contributed by atoms with van der Waals surface area (Å²) >= 11 is 0. The minimum Gasteiger partial charge on any atom is -0.480 e. The molecule has 0 bridgehead atoms. The smallest absolute Gasteiger partial charge is 0.326 e. The van der Waals surface area contributed by atoms with Crippen molar-refractivity contribution in [1.29, 1.82) is 0 Å². The zero-order valence-electron chi connectivity index (χ0n) is 7.93. The lowest BCUT2D eigenvalue weighted by Gasteiger charge is -2.12. The Morgan fingerprint density at radius 2 is 2.00 bits per heavy atom. The number of benzene rings is 1. The first kappa shape index (κ1) is 12.8. The van der Waals surface area contributed by atoms with Gasteiger partial charge >= 0.3 is 5.97 Å². The largest absolute Gasteiger partial charge is 0.480 e. The molecule has 0 aliphatic carbocycles. The first-order valence-corrected chi connectivity index (χ1v) is 4.28. The number of anilines is 1. The SMILES string of the molecule is CC[C@H](Nc1ccccc1)C(=O)O.Cl. The lowest BCUT2D eigenvalue weighted by Crippen LogP contribution is -2.28. The summed E-state index contributed by atoms with van der Waals surface area (Å²) in [6, 6.07) is 8.85. The molecule has 0 unspecified atom stereocenters. The van der Waals surface area contributed by atoms with Crippen molar-refractivity contribution >= 4 is 24.1 Å². The van der Waals surface area contributed by atoms with E-state index in [1.807, 2.05) is 37.3 Å². The van der Waals surface area contributed by atoms with Crippen LogP contribution in [0, 0.1) is 0 Å². The highest BCUT2D eigenvalue weighted by atomic mass is 35.5. The van der Waals surface area contributed by atoms with Crippen LogP contribution in [0.2, 0.25) is 0 Å². The van der Waals surface area contributed by atoms with E-state index in [-0.39, 0.29) is 12.4 Å². The average molecular weight is 216 g/mol. The molecule has 0 fully saturated rings.